The molecule has 0 aliphatic rings. The lowest BCUT2D eigenvalue weighted by Gasteiger charge is -2.13. The largest absolute Gasteiger partial charge is 0.355 e. The van der Waals surface area contributed by atoms with E-state index in [1.807, 2.05) is 18.2 Å². The van der Waals surface area contributed by atoms with Gasteiger partial charge in [0.05, 0.1) is 17.7 Å². The van der Waals surface area contributed by atoms with Gasteiger partial charge in [0, 0.05) is 36.8 Å². The van der Waals surface area contributed by atoms with E-state index in [1.54, 1.807) is 18.2 Å². The van der Waals surface area contributed by atoms with Crippen molar-refractivity contribution in [1.82, 2.24) is 15.4 Å². The number of benzene rings is 2. The molecule has 0 amide bonds. The van der Waals surface area contributed by atoms with Crippen LogP contribution in [0.2, 0.25) is 5.02 Å². The number of aliphatic imine (C=N–C) groups is 1. The lowest BCUT2D eigenvalue weighted by Crippen LogP contribution is -2.41. The first-order valence-electron chi connectivity index (χ1n) is 8.68. The third-order valence-corrected chi connectivity index (χ3v) is 4.85. The maximum atomic E-state index is 11.2. The maximum absolute atomic E-state index is 11.2. The van der Waals surface area contributed by atoms with Crippen LogP contribution in [0.4, 0.5) is 5.69 Å². The summed E-state index contributed by atoms with van der Waals surface area (Å²) in [7, 11) is -3.27. The Morgan fingerprint density at radius 2 is 1.79 bits per heavy atom. The van der Waals surface area contributed by atoms with Crippen LogP contribution in [0.3, 0.4) is 0 Å². The van der Waals surface area contributed by atoms with Crippen molar-refractivity contribution in [2.75, 3.05) is 19.3 Å². The second kappa shape index (κ2) is 10.7. The normalized spacial score (nSPS) is 11.9. The van der Waals surface area contributed by atoms with Crippen LogP contribution in [0, 0.1) is 10.1 Å². The second-order valence-corrected chi connectivity index (χ2v) is 8.37. The fourth-order valence-electron chi connectivity index (χ4n) is 2.31. The number of guanidine groups is 1. The molecule has 0 saturated heterocycles. The standard InChI is InChI=1S/C18H22ClN5O4S/c1-29(27,28)23-11-10-20-18(22-13-15-4-2-3-5-17(15)19)21-12-14-6-8-16(9-7-14)24(25)26/h2-9,23H,10-13H2,1H3,(H2,20,21,22). The fourth-order valence-corrected chi connectivity index (χ4v) is 2.98. The Hall–Kier alpha value is -2.69. The van der Waals surface area contributed by atoms with Gasteiger partial charge in [-0.05, 0) is 17.2 Å². The summed E-state index contributed by atoms with van der Waals surface area (Å²) in [5.41, 5.74) is 1.69. The Morgan fingerprint density at radius 3 is 2.41 bits per heavy atom. The van der Waals surface area contributed by atoms with Gasteiger partial charge in [-0.25, -0.2) is 18.1 Å². The van der Waals surface area contributed by atoms with Crippen molar-refractivity contribution in [3.05, 3.63) is 74.8 Å². The number of non-ortho nitro benzene ring substituents is 1. The molecule has 0 heterocycles. The molecule has 0 unspecified atom stereocenters. The van der Waals surface area contributed by atoms with E-state index < -0.39 is 14.9 Å². The van der Waals surface area contributed by atoms with Crippen LogP contribution in [0.1, 0.15) is 11.1 Å². The van der Waals surface area contributed by atoms with Gasteiger partial charge in [-0.15, -0.1) is 0 Å². The molecule has 29 heavy (non-hydrogen) atoms. The van der Waals surface area contributed by atoms with Crippen molar-refractivity contribution in [3.8, 4) is 0 Å². The Bertz CT molecular complexity index is 964. The molecule has 0 bridgehead atoms. The molecule has 156 valence electrons. The number of nitro benzene ring substituents is 1. The van der Waals surface area contributed by atoms with Crippen LogP contribution in [-0.2, 0) is 23.1 Å². The van der Waals surface area contributed by atoms with Gasteiger partial charge in [-0.1, -0.05) is 41.9 Å². The number of hydrogen-bond acceptors (Lipinski definition) is 5. The Morgan fingerprint density at radius 1 is 1.10 bits per heavy atom. The van der Waals surface area contributed by atoms with Crippen molar-refractivity contribution in [1.29, 1.82) is 0 Å². The molecular formula is C18H22ClN5O4S. The number of sulfonamides is 1. The minimum Gasteiger partial charge on any atom is -0.355 e. The lowest BCUT2D eigenvalue weighted by atomic mass is 10.2. The van der Waals surface area contributed by atoms with Crippen LogP contribution in [0.25, 0.3) is 0 Å². The highest BCUT2D eigenvalue weighted by molar-refractivity contribution is 7.88. The van der Waals surface area contributed by atoms with E-state index in [2.05, 4.69) is 20.3 Å². The van der Waals surface area contributed by atoms with Gasteiger partial charge in [-0.2, -0.15) is 0 Å². The van der Waals surface area contributed by atoms with Crippen molar-refractivity contribution in [2.24, 2.45) is 4.99 Å². The van der Waals surface area contributed by atoms with E-state index in [-0.39, 0.29) is 18.8 Å². The first-order chi connectivity index (χ1) is 13.7. The molecule has 3 N–H and O–H groups in total. The van der Waals surface area contributed by atoms with E-state index >= 15 is 0 Å². The SMILES string of the molecule is CS(=O)(=O)NCCNC(=NCc1ccc([N+](=O)[O-])cc1)NCc1ccccc1Cl. The Balaban J connectivity index is 2.02. The minimum atomic E-state index is -3.27. The summed E-state index contributed by atoms with van der Waals surface area (Å²) >= 11 is 6.17. The fraction of sp³-hybridized carbons (Fsp3) is 0.278. The summed E-state index contributed by atoms with van der Waals surface area (Å²) < 4.78 is 24.7. The zero-order valence-electron chi connectivity index (χ0n) is 15.8. The van der Waals surface area contributed by atoms with E-state index in [1.165, 1.54) is 12.1 Å². The zero-order chi connectivity index (χ0) is 21.3. The maximum Gasteiger partial charge on any atom is 0.269 e. The van der Waals surface area contributed by atoms with Gasteiger partial charge in [0.25, 0.3) is 5.69 Å². The first-order valence-corrected chi connectivity index (χ1v) is 10.9. The predicted octanol–water partition coefficient (Wildman–Crippen LogP) is 2.03. The topological polar surface area (TPSA) is 126 Å². The number of nitrogens with zero attached hydrogens (tertiary/aromatic N) is 2. The predicted molar refractivity (Wildman–Crippen MR) is 113 cm³/mol. The summed E-state index contributed by atoms with van der Waals surface area (Å²) in [6.45, 7) is 1.23. The number of halogens is 1. The number of nitrogens with one attached hydrogen (secondary N) is 3. The Labute approximate surface area is 174 Å². The monoisotopic (exact) mass is 439 g/mol. The van der Waals surface area contributed by atoms with Gasteiger partial charge in [-0.3, -0.25) is 10.1 Å². The highest BCUT2D eigenvalue weighted by Gasteiger charge is 2.06. The molecule has 2 aromatic carbocycles. The van der Waals surface area contributed by atoms with E-state index in [4.69, 9.17) is 11.6 Å². The van der Waals surface area contributed by atoms with Gasteiger partial charge in [0.2, 0.25) is 10.0 Å². The highest BCUT2D eigenvalue weighted by atomic mass is 35.5. The van der Waals surface area contributed by atoms with Crippen molar-refractivity contribution >= 4 is 33.3 Å². The molecule has 0 fully saturated rings. The van der Waals surface area contributed by atoms with Crippen LogP contribution in [-0.4, -0.2) is 38.6 Å². The molecule has 0 aromatic heterocycles. The summed E-state index contributed by atoms with van der Waals surface area (Å²) in [6, 6.07) is 13.5. The lowest BCUT2D eigenvalue weighted by molar-refractivity contribution is -0.384. The second-order valence-electron chi connectivity index (χ2n) is 6.13. The minimum absolute atomic E-state index is 0.0137. The van der Waals surface area contributed by atoms with Gasteiger partial charge < -0.3 is 10.6 Å². The number of rotatable bonds is 9. The third-order valence-electron chi connectivity index (χ3n) is 3.75. The van der Waals surface area contributed by atoms with Crippen molar-refractivity contribution < 1.29 is 13.3 Å². The zero-order valence-corrected chi connectivity index (χ0v) is 17.3. The quantitative estimate of drug-likeness (QED) is 0.180. The van der Waals surface area contributed by atoms with Gasteiger partial charge in [0.1, 0.15) is 0 Å². The van der Waals surface area contributed by atoms with Crippen LogP contribution in [0.15, 0.2) is 53.5 Å². The average molecular weight is 440 g/mol. The molecule has 0 spiro atoms. The molecule has 0 aliphatic heterocycles. The number of nitro groups is 1. The smallest absolute Gasteiger partial charge is 0.269 e. The third kappa shape index (κ3) is 8.46. The average Bonchev–Trinajstić information content (AvgIpc) is 2.67. The summed E-state index contributed by atoms with van der Waals surface area (Å²) in [4.78, 5) is 14.7. The molecular weight excluding hydrogens is 418 g/mol. The van der Waals surface area contributed by atoms with E-state index in [0.29, 0.717) is 24.1 Å². The summed E-state index contributed by atoms with van der Waals surface area (Å²) in [5.74, 6) is 0.457. The molecule has 9 nitrogen and oxygen atoms in total. The van der Waals surface area contributed by atoms with E-state index in [0.717, 1.165) is 17.4 Å². The first kappa shape index (κ1) is 22.6. The van der Waals surface area contributed by atoms with Crippen LogP contribution in [0.5, 0.6) is 0 Å². The van der Waals surface area contributed by atoms with Crippen molar-refractivity contribution in [2.45, 2.75) is 13.1 Å². The molecule has 11 heteroatoms. The van der Waals surface area contributed by atoms with Crippen molar-refractivity contribution in [3.63, 3.8) is 0 Å². The van der Waals surface area contributed by atoms with Crippen LogP contribution >= 0.6 is 11.6 Å². The molecule has 0 atom stereocenters. The molecule has 0 saturated carbocycles. The summed E-state index contributed by atoms with van der Waals surface area (Å²) in [6.07, 6.45) is 1.09. The Kier molecular flexibility index (Phi) is 8.37. The molecule has 2 aromatic rings. The number of hydrogen-bond donors (Lipinski definition) is 3. The summed E-state index contributed by atoms with van der Waals surface area (Å²) in [5, 5.41) is 17.5. The van der Waals surface area contributed by atoms with Gasteiger partial charge >= 0.3 is 0 Å². The van der Waals surface area contributed by atoms with Crippen LogP contribution < -0.4 is 15.4 Å². The molecule has 2 rings (SSSR count). The highest BCUT2D eigenvalue weighted by Crippen LogP contribution is 2.14. The van der Waals surface area contributed by atoms with Gasteiger partial charge in [0.15, 0.2) is 5.96 Å². The molecule has 0 aliphatic carbocycles. The van der Waals surface area contributed by atoms with E-state index in [9.17, 15) is 18.5 Å². The molecule has 0 radical (unpaired) electrons.